The van der Waals surface area contributed by atoms with E-state index in [2.05, 4.69) is 15.3 Å². The van der Waals surface area contributed by atoms with E-state index in [0.717, 1.165) is 0 Å². The van der Waals surface area contributed by atoms with Crippen LogP contribution in [0.15, 0.2) is 51.9 Å². The Labute approximate surface area is 163 Å². The molecule has 29 heavy (non-hydrogen) atoms. The van der Waals surface area contributed by atoms with Crippen LogP contribution in [0.5, 0.6) is 5.75 Å². The SMILES string of the molecule is C[C@@H](OC(=O)Cc1coc2cc(O)ccc12)C(=O)Nc1ccc2[nH]c(=O)[nH]c2c1. The Morgan fingerprint density at radius 2 is 1.97 bits per heavy atom. The fourth-order valence-electron chi connectivity index (χ4n) is 3.01. The second-order valence-electron chi connectivity index (χ2n) is 6.58. The number of anilines is 1. The second-order valence-corrected chi connectivity index (χ2v) is 6.58. The van der Waals surface area contributed by atoms with Gasteiger partial charge in [0.2, 0.25) is 0 Å². The molecule has 0 aliphatic rings. The van der Waals surface area contributed by atoms with E-state index in [-0.39, 0.29) is 17.9 Å². The Kier molecular flexibility index (Phi) is 4.55. The van der Waals surface area contributed by atoms with Crippen LogP contribution in [0.2, 0.25) is 0 Å². The van der Waals surface area contributed by atoms with Gasteiger partial charge in [0.05, 0.1) is 23.7 Å². The highest BCUT2D eigenvalue weighted by molar-refractivity contribution is 5.97. The lowest BCUT2D eigenvalue weighted by molar-refractivity contribution is -0.152. The van der Waals surface area contributed by atoms with Crippen molar-refractivity contribution in [3.8, 4) is 5.75 Å². The third-order valence-corrected chi connectivity index (χ3v) is 4.44. The fourth-order valence-corrected chi connectivity index (χ4v) is 3.01. The molecular formula is C20H17N3O6. The van der Waals surface area contributed by atoms with Crippen molar-refractivity contribution in [2.24, 2.45) is 0 Å². The Bertz CT molecular complexity index is 1280. The number of furan rings is 1. The molecule has 0 bridgehead atoms. The van der Waals surface area contributed by atoms with Crippen molar-refractivity contribution >= 4 is 39.6 Å². The molecule has 2 heterocycles. The van der Waals surface area contributed by atoms with Gasteiger partial charge in [0.15, 0.2) is 6.10 Å². The van der Waals surface area contributed by atoms with E-state index in [4.69, 9.17) is 9.15 Å². The number of rotatable bonds is 5. The summed E-state index contributed by atoms with van der Waals surface area (Å²) >= 11 is 0. The number of ether oxygens (including phenoxy) is 1. The molecule has 9 heteroatoms. The number of aromatic nitrogens is 2. The van der Waals surface area contributed by atoms with E-state index in [1.54, 1.807) is 24.3 Å². The molecule has 2 aromatic heterocycles. The van der Waals surface area contributed by atoms with Gasteiger partial charge in [-0.1, -0.05) is 0 Å². The van der Waals surface area contributed by atoms with E-state index in [1.807, 2.05) is 0 Å². The number of phenols is 1. The number of carbonyl (C=O) groups is 2. The van der Waals surface area contributed by atoms with Crippen molar-refractivity contribution in [2.75, 3.05) is 5.32 Å². The van der Waals surface area contributed by atoms with Crippen molar-refractivity contribution in [3.05, 3.63) is 58.7 Å². The molecule has 0 radical (unpaired) electrons. The van der Waals surface area contributed by atoms with Crippen LogP contribution in [-0.4, -0.2) is 33.1 Å². The first-order valence-corrected chi connectivity index (χ1v) is 8.80. The smallest absolute Gasteiger partial charge is 0.323 e. The number of phenolic OH excluding ortho intramolecular Hbond substituents is 1. The predicted octanol–water partition coefficient (Wildman–Crippen LogP) is 2.42. The normalized spacial score (nSPS) is 12.2. The van der Waals surface area contributed by atoms with Gasteiger partial charge in [0.25, 0.3) is 5.91 Å². The average molecular weight is 395 g/mol. The summed E-state index contributed by atoms with van der Waals surface area (Å²) in [5, 5.41) is 12.8. The van der Waals surface area contributed by atoms with Crippen molar-refractivity contribution in [2.45, 2.75) is 19.4 Å². The summed E-state index contributed by atoms with van der Waals surface area (Å²) in [6.07, 6.45) is 0.320. The van der Waals surface area contributed by atoms with Crippen LogP contribution in [0.4, 0.5) is 5.69 Å². The first kappa shape index (κ1) is 18.4. The minimum atomic E-state index is -1.02. The Hall–Kier alpha value is -4.01. The summed E-state index contributed by atoms with van der Waals surface area (Å²) in [5.74, 6) is -1.03. The molecule has 0 aliphatic heterocycles. The largest absolute Gasteiger partial charge is 0.508 e. The monoisotopic (exact) mass is 395 g/mol. The summed E-state index contributed by atoms with van der Waals surface area (Å²) in [4.78, 5) is 41.1. The lowest BCUT2D eigenvalue weighted by Gasteiger charge is -2.13. The Morgan fingerprint density at radius 1 is 1.17 bits per heavy atom. The molecule has 0 saturated carbocycles. The van der Waals surface area contributed by atoms with E-state index < -0.39 is 18.0 Å². The number of benzene rings is 2. The standard InChI is InChI=1S/C20H17N3O6/c1-10(19(26)21-12-2-5-15-16(7-12)23-20(27)22-15)29-18(25)6-11-9-28-17-8-13(24)3-4-14(11)17/h2-5,7-10,24H,6H2,1H3,(H,21,26)(H2,22,23,27)/t10-/m1/s1. The molecule has 0 saturated heterocycles. The summed E-state index contributed by atoms with van der Waals surface area (Å²) in [6.45, 7) is 1.47. The zero-order valence-corrected chi connectivity index (χ0v) is 15.3. The third-order valence-electron chi connectivity index (χ3n) is 4.44. The van der Waals surface area contributed by atoms with Crippen molar-refractivity contribution < 1.29 is 23.8 Å². The fraction of sp³-hybridized carbons (Fsp3) is 0.150. The van der Waals surface area contributed by atoms with Gasteiger partial charge in [0.1, 0.15) is 11.3 Å². The molecule has 4 aromatic rings. The zero-order valence-electron chi connectivity index (χ0n) is 15.3. The average Bonchev–Trinajstić information content (AvgIpc) is 3.23. The highest BCUT2D eigenvalue weighted by Crippen LogP contribution is 2.25. The quantitative estimate of drug-likeness (QED) is 0.383. The molecule has 4 rings (SSSR count). The summed E-state index contributed by atoms with van der Waals surface area (Å²) in [7, 11) is 0. The van der Waals surface area contributed by atoms with Gasteiger partial charge in [0, 0.05) is 22.7 Å². The van der Waals surface area contributed by atoms with Gasteiger partial charge >= 0.3 is 11.7 Å². The molecule has 1 atom stereocenters. The molecule has 1 amide bonds. The van der Waals surface area contributed by atoms with Gasteiger partial charge in [-0.2, -0.15) is 0 Å². The Morgan fingerprint density at radius 3 is 2.79 bits per heavy atom. The first-order chi connectivity index (χ1) is 13.9. The van der Waals surface area contributed by atoms with Crippen molar-refractivity contribution in [1.29, 1.82) is 0 Å². The van der Waals surface area contributed by atoms with Crippen LogP contribution in [0.25, 0.3) is 22.0 Å². The van der Waals surface area contributed by atoms with Crippen LogP contribution >= 0.6 is 0 Å². The molecule has 0 spiro atoms. The maximum absolute atomic E-state index is 12.3. The van der Waals surface area contributed by atoms with E-state index in [0.29, 0.717) is 33.3 Å². The van der Waals surface area contributed by atoms with E-state index >= 15 is 0 Å². The summed E-state index contributed by atoms with van der Waals surface area (Å²) < 4.78 is 10.5. The molecule has 9 nitrogen and oxygen atoms in total. The molecule has 2 aromatic carbocycles. The molecule has 0 unspecified atom stereocenters. The van der Waals surface area contributed by atoms with E-state index in [1.165, 1.54) is 25.3 Å². The van der Waals surface area contributed by atoms with Gasteiger partial charge in [-0.25, -0.2) is 4.79 Å². The lowest BCUT2D eigenvalue weighted by atomic mass is 10.1. The molecule has 4 N–H and O–H groups in total. The maximum atomic E-state index is 12.3. The number of aromatic amines is 2. The van der Waals surface area contributed by atoms with Gasteiger partial charge in [-0.3, -0.25) is 9.59 Å². The van der Waals surface area contributed by atoms with Crippen LogP contribution in [0.1, 0.15) is 12.5 Å². The van der Waals surface area contributed by atoms with Crippen LogP contribution in [0, 0.1) is 0 Å². The van der Waals surface area contributed by atoms with Crippen molar-refractivity contribution in [3.63, 3.8) is 0 Å². The maximum Gasteiger partial charge on any atom is 0.323 e. The second kappa shape index (κ2) is 7.19. The summed E-state index contributed by atoms with van der Waals surface area (Å²) in [6, 6.07) is 9.49. The predicted molar refractivity (Wildman–Crippen MR) is 105 cm³/mol. The number of carbonyl (C=O) groups excluding carboxylic acids is 2. The number of hydrogen-bond acceptors (Lipinski definition) is 6. The molecule has 148 valence electrons. The number of nitrogens with one attached hydrogen (secondary N) is 3. The number of esters is 1. The Balaban J connectivity index is 1.39. The molecule has 0 aliphatic carbocycles. The third kappa shape index (κ3) is 3.84. The minimum Gasteiger partial charge on any atom is -0.508 e. The minimum absolute atomic E-state index is 0.0631. The zero-order chi connectivity index (χ0) is 20.5. The molecular weight excluding hydrogens is 378 g/mol. The lowest BCUT2D eigenvalue weighted by Crippen LogP contribution is -2.30. The van der Waals surface area contributed by atoms with Gasteiger partial charge < -0.3 is 29.5 Å². The van der Waals surface area contributed by atoms with Gasteiger partial charge in [-0.15, -0.1) is 0 Å². The van der Waals surface area contributed by atoms with Crippen molar-refractivity contribution in [1.82, 2.24) is 9.97 Å². The number of hydrogen-bond donors (Lipinski definition) is 4. The topological polar surface area (TPSA) is 137 Å². The number of imidazole rings is 1. The summed E-state index contributed by atoms with van der Waals surface area (Å²) in [5.41, 5.74) is 2.34. The first-order valence-electron chi connectivity index (χ1n) is 8.80. The molecule has 0 fully saturated rings. The number of H-pyrrole nitrogens is 2. The van der Waals surface area contributed by atoms with Crippen LogP contribution in [0.3, 0.4) is 0 Å². The van der Waals surface area contributed by atoms with E-state index in [9.17, 15) is 19.5 Å². The number of fused-ring (bicyclic) bond motifs is 2. The highest BCUT2D eigenvalue weighted by Gasteiger charge is 2.20. The van der Waals surface area contributed by atoms with Gasteiger partial charge in [-0.05, 0) is 37.3 Å². The highest BCUT2D eigenvalue weighted by atomic mass is 16.5. The van der Waals surface area contributed by atoms with Crippen LogP contribution < -0.4 is 11.0 Å². The van der Waals surface area contributed by atoms with Crippen LogP contribution in [-0.2, 0) is 20.7 Å². The number of aromatic hydroxyl groups is 1. The number of amides is 1.